The van der Waals surface area contributed by atoms with E-state index in [4.69, 9.17) is 0 Å². The highest BCUT2D eigenvalue weighted by molar-refractivity contribution is 5.93. The van der Waals surface area contributed by atoms with Gasteiger partial charge in [-0.05, 0) is 18.2 Å². The van der Waals surface area contributed by atoms with Crippen molar-refractivity contribution in [3.05, 3.63) is 48.5 Å². The second kappa shape index (κ2) is 5.86. The molecule has 0 spiro atoms. The predicted molar refractivity (Wildman–Crippen MR) is 61.5 cm³/mol. The lowest BCUT2D eigenvalue weighted by Gasteiger charge is -2.17. The molecule has 0 aromatic carbocycles. The van der Waals surface area contributed by atoms with Crippen molar-refractivity contribution in [2.45, 2.75) is 13.8 Å². The molecule has 2 rings (SSSR count). The van der Waals surface area contributed by atoms with Crippen LogP contribution in [0.15, 0.2) is 42.8 Å². The zero-order valence-electron chi connectivity index (χ0n) is 9.10. The van der Waals surface area contributed by atoms with Crippen LogP contribution >= 0.6 is 0 Å². The fourth-order valence-electron chi connectivity index (χ4n) is 1.24. The summed E-state index contributed by atoms with van der Waals surface area (Å²) in [4.78, 5) is 16.2. The molecule has 80 valence electrons. The zero-order valence-corrected chi connectivity index (χ0v) is 9.10. The van der Waals surface area contributed by atoms with Crippen LogP contribution in [0.4, 0.5) is 0 Å². The lowest BCUT2D eigenvalue weighted by atomic mass is 10.3. The highest BCUT2D eigenvalue weighted by Gasteiger charge is 2.13. The number of H-pyrrole nitrogens is 1. The number of aromatic amines is 1. The molecule has 1 aromatic heterocycles. The summed E-state index contributed by atoms with van der Waals surface area (Å²) in [6.45, 7) is 4.65. The summed E-state index contributed by atoms with van der Waals surface area (Å²) < 4.78 is 0. The quantitative estimate of drug-likeness (QED) is 0.749. The molecule has 1 amide bonds. The number of nitrogens with one attached hydrogen (secondary N) is 1. The number of hydrogen-bond acceptors (Lipinski definition) is 1. The summed E-state index contributed by atoms with van der Waals surface area (Å²) >= 11 is 0. The summed E-state index contributed by atoms with van der Waals surface area (Å²) in [5.74, 6) is 0.00519. The first-order valence-corrected chi connectivity index (χ1v) is 5.15. The number of carbonyl (C=O) groups excluding carboxylic acids is 1. The van der Waals surface area contributed by atoms with Crippen molar-refractivity contribution >= 4 is 5.91 Å². The van der Waals surface area contributed by atoms with Gasteiger partial charge in [-0.25, -0.2) is 0 Å². The van der Waals surface area contributed by atoms with E-state index in [0.29, 0.717) is 12.2 Å². The third kappa shape index (κ3) is 2.84. The Morgan fingerprint density at radius 2 is 2.20 bits per heavy atom. The Hall–Kier alpha value is -1.77. The molecule has 3 heteroatoms. The zero-order chi connectivity index (χ0) is 11.1. The van der Waals surface area contributed by atoms with Gasteiger partial charge in [-0.3, -0.25) is 4.79 Å². The minimum Gasteiger partial charge on any atom is -0.357 e. The number of amides is 1. The van der Waals surface area contributed by atoms with Crippen LogP contribution in [0.2, 0.25) is 0 Å². The minimum atomic E-state index is 0.00519. The summed E-state index contributed by atoms with van der Waals surface area (Å²) in [6, 6.07) is 3.59. The van der Waals surface area contributed by atoms with Gasteiger partial charge < -0.3 is 9.88 Å². The maximum atomic E-state index is 11.7. The minimum absolute atomic E-state index is 0.00519. The third-order valence-corrected chi connectivity index (χ3v) is 1.90. The Labute approximate surface area is 90.1 Å². The molecule has 0 saturated heterocycles. The average molecular weight is 204 g/mol. The van der Waals surface area contributed by atoms with Crippen LogP contribution in [0, 0.1) is 0 Å². The van der Waals surface area contributed by atoms with Gasteiger partial charge in [0.25, 0.3) is 5.91 Å². The molecule has 1 aliphatic rings. The van der Waals surface area contributed by atoms with Crippen molar-refractivity contribution in [1.82, 2.24) is 9.88 Å². The number of allylic oxidation sites excluding steroid dienone is 2. The Morgan fingerprint density at radius 1 is 1.40 bits per heavy atom. The Balaban J connectivity index is 0.000000531. The highest BCUT2D eigenvalue weighted by Crippen LogP contribution is 2.05. The second-order valence-electron chi connectivity index (χ2n) is 2.81. The van der Waals surface area contributed by atoms with Crippen molar-refractivity contribution in [2.75, 3.05) is 6.54 Å². The number of rotatable bonds is 1. The van der Waals surface area contributed by atoms with Crippen LogP contribution in [0.1, 0.15) is 24.3 Å². The Bertz CT molecular complexity index is 350. The normalized spacial score (nSPS) is 13.3. The van der Waals surface area contributed by atoms with Crippen molar-refractivity contribution in [3.8, 4) is 0 Å². The van der Waals surface area contributed by atoms with Gasteiger partial charge in [0.15, 0.2) is 0 Å². The molecule has 0 saturated carbocycles. The van der Waals surface area contributed by atoms with E-state index in [-0.39, 0.29) is 5.91 Å². The van der Waals surface area contributed by atoms with Crippen LogP contribution in [-0.4, -0.2) is 22.3 Å². The number of nitrogens with zero attached hydrogens (tertiary/aromatic N) is 1. The maximum absolute atomic E-state index is 11.7. The van der Waals surface area contributed by atoms with E-state index >= 15 is 0 Å². The smallest absolute Gasteiger partial charge is 0.274 e. The molecule has 1 N–H and O–H groups in total. The van der Waals surface area contributed by atoms with Gasteiger partial charge in [-0.2, -0.15) is 0 Å². The third-order valence-electron chi connectivity index (χ3n) is 1.90. The molecule has 2 heterocycles. The van der Waals surface area contributed by atoms with Gasteiger partial charge in [0.05, 0.1) is 0 Å². The largest absolute Gasteiger partial charge is 0.357 e. The number of carbonyl (C=O) groups is 1. The van der Waals surface area contributed by atoms with Gasteiger partial charge in [0.2, 0.25) is 0 Å². The van der Waals surface area contributed by atoms with E-state index in [1.165, 1.54) is 0 Å². The molecule has 0 unspecified atom stereocenters. The van der Waals surface area contributed by atoms with Crippen LogP contribution < -0.4 is 0 Å². The maximum Gasteiger partial charge on any atom is 0.274 e. The monoisotopic (exact) mass is 204 g/mol. The van der Waals surface area contributed by atoms with Gasteiger partial charge in [-0.15, -0.1) is 0 Å². The van der Waals surface area contributed by atoms with Crippen LogP contribution in [-0.2, 0) is 0 Å². The number of hydrogen-bond donors (Lipinski definition) is 1. The summed E-state index contributed by atoms with van der Waals surface area (Å²) in [7, 11) is 0. The lowest BCUT2D eigenvalue weighted by Crippen LogP contribution is -2.27. The summed E-state index contributed by atoms with van der Waals surface area (Å²) in [6.07, 6.45) is 9.25. The molecule has 3 nitrogen and oxygen atoms in total. The predicted octanol–water partition coefficient (Wildman–Crippen LogP) is 2.57. The first-order valence-electron chi connectivity index (χ1n) is 5.15. The van der Waals surface area contributed by atoms with Crippen molar-refractivity contribution in [2.24, 2.45) is 0 Å². The van der Waals surface area contributed by atoms with E-state index in [0.717, 1.165) is 0 Å². The van der Waals surface area contributed by atoms with Crippen molar-refractivity contribution in [3.63, 3.8) is 0 Å². The number of aromatic nitrogens is 1. The Kier molecular flexibility index (Phi) is 4.41. The summed E-state index contributed by atoms with van der Waals surface area (Å²) in [5, 5.41) is 0. The second-order valence-corrected chi connectivity index (χ2v) is 2.81. The fraction of sp³-hybridized carbons (Fsp3) is 0.250. The van der Waals surface area contributed by atoms with Crippen LogP contribution in [0.3, 0.4) is 0 Å². The van der Waals surface area contributed by atoms with Crippen LogP contribution in [0.5, 0.6) is 0 Å². The van der Waals surface area contributed by atoms with E-state index in [1.54, 1.807) is 23.4 Å². The van der Waals surface area contributed by atoms with Gasteiger partial charge in [0.1, 0.15) is 5.69 Å². The standard InChI is InChI=1S/C10H10N2O.C2H6/c13-10(9-5-4-6-11-9)12-7-2-1-3-8-12;1-2/h1-7,11H,8H2;1-2H3. The van der Waals surface area contributed by atoms with Crippen molar-refractivity contribution < 1.29 is 4.79 Å². The molecule has 0 fully saturated rings. The van der Waals surface area contributed by atoms with E-state index in [2.05, 4.69) is 4.98 Å². The molecule has 0 atom stereocenters. The molecule has 15 heavy (non-hydrogen) atoms. The SMILES string of the molecule is CC.O=C(c1ccc[nH]1)N1C=CC=CC1. The molecule has 0 aliphatic carbocycles. The highest BCUT2D eigenvalue weighted by atomic mass is 16.2. The van der Waals surface area contributed by atoms with E-state index in [1.807, 2.05) is 38.1 Å². The van der Waals surface area contributed by atoms with Crippen LogP contribution in [0.25, 0.3) is 0 Å². The van der Waals surface area contributed by atoms with E-state index < -0.39 is 0 Å². The molecule has 1 aromatic rings. The fourth-order valence-corrected chi connectivity index (χ4v) is 1.24. The molecule has 1 aliphatic heterocycles. The first-order chi connectivity index (χ1) is 7.38. The molecular weight excluding hydrogens is 188 g/mol. The molecule has 0 radical (unpaired) electrons. The van der Waals surface area contributed by atoms with Gasteiger partial charge in [-0.1, -0.05) is 26.0 Å². The van der Waals surface area contributed by atoms with Gasteiger partial charge >= 0.3 is 0 Å². The van der Waals surface area contributed by atoms with Gasteiger partial charge in [0, 0.05) is 18.9 Å². The van der Waals surface area contributed by atoms with E-state index in [9.17, 15) is 4.79 Å². The molecular formula is C12H16N2O. The molecule has 0 bridgehead atoms. The Morgan fingerprint density at radius 3 is 2.73 bits per heavy atom. The lowest BCUT2D eigenvalue weighted by molar-refractivity contribution is 0.0829. The topological polar surface area (TPSA) is 36.1 Å². The first kappa shape index (κ1) is 11.3. The average Bonchev–Trinajstić information content (AvgIpc) is 2.85. The summed E-state index contributed by atoms with van der Waals surface area (Å²) in [5.41, 5.74) is 0.625. The van der Waals surface area contributed by atoms with Crippen molar-refractivity contribution in [1.29, 1.82) is 0 Å².